The van der Waals surface area contributed by atoms with Crippen LogP contribution in [0.2, 0.25) is 0 Å². The monoisotopic (exact) mass is 215 g/mol. The van der Waals surface area contributed by atoms with Crippen molar-refractivity contribution in [1.82, 2.24) is 4.98 Å². The van der Waals surface area contributed by atoms with E-state index in [1.54, 1.807) is 13.3 Å². The van der Waals surface area contributed by atoms with Gasteiger partial charge in [-0.2, -0.15) is 0 Å². The van der Waals surface area contributed by atoms with Crippen molar-refractivity contribution >= 4 is 15.9 Å². The first-order valence-electron chi connectivity index (χ1n) is 3.34. The highest BCUT2D eigenvalue weighted by Crippen LogP contribution is 2.14. The van der Waals surface area contributed by atoms with Gasteiger partial charge in [-0.1, -0.05) is 0 Å². The van der Waals surface area contributed by atoms with Crippen molar-refractivity contribution in [3.05, 3.63) is 28.0 Å². The number of halogens is 1. The lowest BCUT2D eigenvalue weighted by Gasteiger charge is -2.01. The maximum atomic E-state index is 4.94. The number of ether oxygens (including phenoxy) is 1. The van der Waals surface area contributed by atoms with E-state index >= 15 is 0 Å². The molecule has 0 saturated carbocycles. The number of aromatic nitrogens is 1. The fraction of sp³-hybridized carbons (Fsp3) is 0.375. The Balaban J connectivity index is 2.86. The number of hydrogen-bond acceptors (Lipinski definition) is 2. The maximum Gasteiger partial charge on any atom is 0.0884 e. The standard InChI is InChI=1S/C8H10BrNO/c1-6-3-7(5-11-2)10-4-8(6)9/h3-4H,5H2,1-2H3. The van der Waals surface area contributed by atoms with E-state index in [0.717, 1.165) is 10.2 Å². The molecule has 0 unspecified atom stereocenters. The van der Waals surface area contributed by atoms with Crippen LogP contribution in [0.25, 0.3) is 0 Å². The van der Waals surface area contributed by atoms with Crippen molar-refractivity contribution in [3.8, 4) is 0 Å². The molecule has 1 rings (SSSR count). The highest BCUT2D eigenvalue weighted by atomic mass is 79.9. The Morgan fingerprint density at radius 2 is 2.36 bits per heavy atom. The summed E-state index contributed by atoms with van der Waals surface area (Å²) in [5.74, 6) is 0. The van der Waals surface area contributed by atoms with Crippen LogP contribution < -0.4 is 0 Å². The van der Waals surface area contributed by atoms with Crippen LogP contribution in [0.15, 0.2) is 16.7 Å². The van der Waals surface area contributed by atoms with E-state index < -0.39 is 0 Å². The van der Waals surface area contributed by atoms with Crippen molar-refractivity contribution in [1.29, 1.82) is 0 Å². The van der Waals surface area contributed by atoms with Crippen molar-refractivity contribution in [3.63, 3.8) is 0 Å². The van der Waals surface area contributed by atoms with Crippen LogP contribution in [-0.4, -0.2) is 12.1 Å². The van der Waals surface area contributed by atoms with Gasteiger partial charge in [0.2, 0.25) is 0 Å². The molecule has 0 aromatic carbocycles. The minimum Gasteiger partial charge on any atom is -0.378 e. The first-order valence-corrected chi connectivity index (χ1v) is 4.13. The van der Waals surface area contributed by atoms with Crippen molar-refractivity contribution in [2.75, 3.05) is 7.11 Å². The van der Waals surface area contributed by atoms with Crippen LogP contribution in [0.3, 0.4) is 0 Å². The second-order valence-corrected chi connectivity index (χ2v) is 3.21. The van der Waals surface area contributed by atoms with Gasteiger partial charge in [-0.25, -0.2) is 0 Å². The summed E-state index contributed by atoms with van der Waals surface area (Å²) < 4.78 is 5.98. The molecule has 0 bridgehead atoms. The molecular weight excluding hydrogens is 206 g/mol. The molecule has 0 N–H and O–H groups in total. The van der Waals surface area contributed by atoms with E-state index in [4.69, 9.17) is 4.74 Å². The van der Waals surface area contributed by atoms with E-state index in [-0.39, 0.29) is 0 Å². The fourth-order valence-electron chi connectivity index (χ4n) is 0.824. The van der Waals surface area contributed by atoms with Gasteiger partial charge in [0.25, 0.3) is 0 Å². The van der Waals surface area contributed by atoms with Crippen molar-refractivity contribution < 1.29 is 4.74 Å². The zero-order valence-corrected chi connectivity index (χ0v) is 8.18. The Labute approximate surface area is 74.7 Å². The maximum absolute atomic E-state index is 4.94. The SMILES string of the molecule is COCc1cc(C)c(Br)cn1. The number of pyridine rings is 1. The minimum atomic E-state index is 0.577. The summed E-state index contributed by atoms with van der Waals surface area (Å²) in [5, 5.41) is 0. The molecule has 0 atom stereocenters. The quantitative estimate of drug-likeness (QED) is 0.756. The van der Waals surface area contributed by atoms with Crippen molar-refractivity contribution in [2.24, 2.45) is 0 Å². The van der Waals surface area contributed by atoms with Gasteiger partial charge < -0.3 is 4.74 Å². The Hall–Kier alpha value is -0.410. The summed E-state index contributed by atoms with van der Waals surface area (Å²) in [5.41, 5.74) is 2.15. The van der Waals surface area contributed by atoms with Crippen LogP contribution in [-0.2, 0) is 11.3 Å². The molecule has 0 radical (unpaired) electrons. The molecule has 0 saturated heterocycles. The Kier molecular flexibility index (Phi) is 3.02. The van der Waals surface area contributed by atoms with Gasteiger partial charge in [-0.15, -0.1) is 0 Å². The molecule has 60 valence electrons. The zero-order chi connectivity index (χ0) is 8.27. The number of nitrogens with zero attached hydrogens (tertiary/aromatic N) is 1. The molecule has 1 aromatic rings. The van der Waals surface area contributed by atoms with Gasteiger partial charge >= 0.3 is 0 Å². The molecule has 2 nitrogen and oxygen atoms in total. The normalized spacial score (nSPS) is 10.1. The summed E-state index contributed by atoms with van der Waals surface area (Å²) in [4.78, 5) is 4.16. The van der Waals surface area contributed by atoms with Crippen LogP contribution in [0, 0.1) is 6.92 Å². The van der Waals surface area contributed by atoms with Crippen LogP contribution in [0.4, 0.5) is 0 Å². The van der Waals surface area contributed by atoms with Crippen LogP contribution in [0.1, 0.15) is 11.3 Å². The third kappa shape index (κ3) is 2.27. The van der Waals surface area contributed by atoms with Crippen molar-refractivity contribution in [2.45, 2.75) is 13.5 Å². The molecular formula is C8H10BrNO. The van der Waals surface area contributed by atoms with E-state index in [1.807, 2.05) is 13.0 Å². The smallest absolute Gasteiger partial charge is 0.0884 e. The van der Waals surface area contributed by atoms with Gasteiger partial charge in [0.05, 0.1) is 12.3 Å². The lowest BCUT2D eigenvalue weighted by Crippen LogP contribution is -1.92. The zero-order valence-electron chi connectivity index (χ0n) is 6.60. The minimum absolute atomic E-state index is 0.577. The average molecular weight is 216 g/mol. The highest BCUT2D eigenvalue weighted by molar-refractivity contribution is 9.10. The largest absolute Gasteiger partial charge is 0.378 e. The van der Waals surface area contributed by atoms with E-state index in [1.165, 1.54) is 5.56 Å². The Morgan fingerprint density at radius 1 is 1.64 bits per heavy atom. The lowest BCUT2D eigenvalue weighted by atomic mass is 10.2. The molecule has 0 aliphatic rings. The van der Waals surface area contributed by atoms with E-state index in [2.05, 4.69) is 20.9 Å². The Morgan fingerprint density at radius 3 is 2.91 bits per heavy atom. The van der Waals surface area contributed by atoms with Crippen LogP contribution in [0.5, 0.6) is 0 Å². The summed E-state index contributed by atoms with van der Waals surface area (Å²) in [7, 11) is 1.67. The highest BCUT2D eigenvalue weighted by Gasteiger charge is 1.97. The first kappa shape index (κ1) is 8.68. The third-order valence-corrected chi connectivity index (χ3v) is 2.23. The first-order chi connectivity index (χ1) is 5.24. The molecule has 0 spiro atoms. The molecule has 0 aliphatic carbocycles. The van der Waals surface area contributed by atoms with Gasteiger partial charge in [0.1, 0.15) is 0 Å². The molecule has 1 heterocycles. The summed E-state index contributed by atoms with van der Waals surface area (Å²) >= 11 is 3.38. The van der Waals surface area contributed by atoms with Crippen LogP contribution >= 0.6 is 15.9 Å². The fourth-order valence-corrected chi connectivity index (χ4v) is 1.04. The van der Waals surface area contributed by atoms with Gasteiger partial charge in [-0.3, -0.25) is 4.98 Å². The summed E-state index contributed by atoms with van der Waals surface area (Å²) in [6, 6.07) is 2.01. The molecule has 1 aromatic heterocycles. The summed E-state index contributed by atoms with van der Waals surface area (Å²) in [6.45, 7) is 2.61. The molecule has 0 amide bonds. The lowest BCUT2D eigenvalue weighted by molar-refractivity contribution is 0.181. The Bertz CT molecular complexity index is 250. The number of hydrogen-bond donors (Lipinski definition) is 0. The third-order valence-electron chi connectivity index (χ3n) is 1.40. The number of methoxy groups -OCH3 is 1. The number of rotatable bonds is 2. The predicted octanol–water partition coefficient (Wildman–Crippen LogP) is 2.30. The van der Waals surface area contributed by atoms with Gasteiger partial charge in [0, 0.05) is 17.8 Å². The second kappa shape index (κ2) is 3.83. The molecule has 0 aliphatic heterocycles. The summed E-state index contributed by atoms with van der Waals surface area (Å²) in [6.07, 6.45) is 1.80. The number of aryl methyl sites for hydroxylation is 1. The average Bonchev–Trinajstić information content (AvgIpc) is 1.98. The predicted molar refractivity (Wildman–Crippen MR) is 47.4 cm³/mol. The van der Waals surface area contributed by atoms with E-state index in [0.29, 0.717) is 6.61 Å². The molecule has 11 heavy (non-hydrogen) atoms. The van der Waals surface area contributed by atoms with Gasteiger partial charge in [-0.05, 0) is 34.5 Å². The molecule has 0 fully saturated rings. The second-order valence-electron chi connectivity index (χ2n) is 2.36. The van der Waals surface area contributed by atoms with E-state index in [9.17, 15) is 0 Å². The topological polar surface area (TPSA) is 22.1 Å². The van der Waals surface area contributed by atoms with Gasteiger partial charge in [0.15, 0.2) is 0 Å². The molecule has 3 heteroatoms.